The van der Waals surface area contributed by atoms with Crippen LogP contribution in [-0.4, -0.2) is 49.2 Å². The van der Waals surface area contributed by atoms with Crippen LogP contribution in [0.3, 0.4) is 0 Å². The minimum Gasteiger partial charge on any atom is -0.466 e. The standard InChI is InChI=1S/C28H33N3O3S/c1-5-8-18-29-27-28(30(6-2)21-16-12-13-17-22(21)31(28)7-3)25(23(35-27)19-24(32)34-4)26(33)20-14-10-9-11-15-20/h9-17,19,25H,5-8,18H2,1-4H3/b23-19-,29-27?. The van der Waals surface area contributed by atoms with Gasteiger partial charge < -0.3 is 14.5 Å². The number of hydrogen-bond donors (Lipinski definition) is 0. The third kappa shape index (κ3) is 4.16. The van der Waals surface area contributed by atoms with Gasteiger partial charge >= 0.3 is 5.97 Å². The maximum absolute atomic E-state index is 14.3. The summed E-state index contributed by atoms with van der Waals surface area (Å²) in [5, 5.41) is 0.857. The molecular weight excluding hydrogens is 458 g/mol. The summed E-state index contributed by atoms with van der Waals surface area (Å²) in [6.07, 6.45) is 3.46. The molecule has 7 heteroatoms. The van der Waals surface area contributed by atoms with Gasteiger partial charge in [0, 0.05) is 36.2 Å². The van der Waals surface area contributed by atoms with E-state index in [-0.39, 0.29) is 5.78 Å². The molecule has 0 bridgehead atoms. The highest BCUT2D eigenvalue weighted by Gasteiger charge is 2.64. The number of methoxy groups -OCH3 is 1. The van der Waals surface area contributed by atoms with Crippen molar-refractivity contribution in [2.45, 2.75) is 39.3 Å². The van der Waals surface area contributed by atoms with Crippen molar-refractivity contribution in [3.05, 3.63) is 71.1 Å². The van der Waals surface area contributed by atoms with E-state index < -0.39 is 17.6 Å². The lowest BCUT2D eigenvalue weighted by Gasteiger charge is -2.45. The molecule has 0 aliphatic carbocycles. The van der Waals surface area contributed by atoms with Gasteiger partial charge in [-0.25, -0.2) is 4.79 Å². The Labute approximate surface area is 212 Å². The van der Waals surface area contributed by atoms with Crippen LogP contribution >= 0.6 is 11.8 Å². The van der Waals surface area contributed by atoms with Gasteiger partial charge in [0.1, 0.15) is 11.0 Å². The number of carbonyl (C=O) groups excluding carboxylic acids is 2. The number of aliphatic imine (C=N–C) groups is 1. The average Bonchev–Trinajstić information content (AvgIpc) is 3.35. The van der Waals surface area contributed by atoms with Crippen molar-refractivity contribution in [2.75, 3.05) is 36.5 Å². The molecule has 2 aliphatic rings. The molecule has 0 aromatic heterocycles. The molecule has 1 spiro atoms. The number of rotatable bonds is 8. The minimum atomic E-state index is -0.849. The maximum Gasteiger partial charge on any atom is 0.331 e. The van der Waals surface area contributed by atoms with Crippen molar-refractivity contribution < 1.29 is 14.3 Å². The van der Waals surface area contributed by atoms with E-state index in [0.29, 0.717) is 30.1 Å². The molecule has 1 unspecified atom stereocenters. The van der Waals surface area contributed by atoms with E-state index in [0.717, 1.165) is 29.3 Å². The Morgan fingerprint density at radius 2 is 1.60 bits per heavy atom. The molecule has 2 aromatic carbocycles. The molecule has 35 heavy (non-hydrogen) atoms. The first-order chi connectivity index (χ1) is 17.0. The molecule has 6 nitrogen and oxygen atoms in total. The first-order valence-electron chi connectivity index (χ1n) is 12.3. The van der Waals surface area contributed by atoms with Crippen molar-refractivity contribution in [2.24, 2.45) is 10.9 Å². The fraction of sp³-hybridized carbons (Fsp3) is 0.393. The Hall–Kier alpha value is -3.06. The van der Waals surface area contributed by atoms with E-state index in [9.17, 15) is 9.59 Å². The van der Waals surface area contributed by atoms with E-state index in [4.69, 9.17) is 9.73 Å². The van der Waals surface area contributed by atoms with Crippen LogP contribution in [0.15, 0.2) is 70.6 Å². The van der Waals surface area contributed by atoms with Crippen molar-refractivity contribution in [1.29, 1.82) is 0 Å². The minimum absolute atomic E-state index is 0.0290. The van der Waals surface area contributed by atoms with E-state index in [1.807, 2.05) is 42.5 Å². The van der Waals surface area contributed by atoms with Gasteiger partial charge in [-0.2, -0.15) is 0 Å². The van der Waals surface area contributed by atoms with Crippen LogP contribution in [0, 0.1) is 5.92 Å². The number of Topliss-reactive ketones (excluding diaryl/α,β-unsaturated/α-hetero) is 1. The second-order valence-corrected chi connectivity index (χ2v) is 9.64. The zero-order valence-corrected chi connectivity index (χ0v) is 21.7. The van der Waals surface area contributed by atoms with Gasteiger partial charge in [-0.15, -0.1) is 0 Å². The Morgan fingerprint density at radius 3 is 2.14 bits per heavy atom. The molecule has 1 fully saturated rings. The van der Waals surface area contributed by atoms with Gasteiger partial charge in [-0.05, 0) is 32.4 Å². The number of carbonyl (C=O) groups is 2. The fourth-order valence-corrected chi connectivity index (χ4v) is 6.63. The Morgan fingerprint density at radius 1 is 1.00 bits per heavy atom. The van der Waals surface area contributed by atoms with Crippen LogP contribution in [0.4, 0.5) is 11.4 Å². The molecule has 2 heterocycles. The largest absolute Gasteiger partial charge is 0.466 e. The highest BCUT2D eigenvalue weighted by Crippen LogP contribution is 2.58. The van der Waals surface area contributed by atoms with Crippen LogP contribution in [0.25, 0.3) is 0 Å². The molecule has 184 valence electrons. The molecule has 1 atom stereocenters. The summed E-state index contributed by atoms with van der Waals surface area (Å²) >= 11 is 1.45. The number of hydrogen-bond acceptors (Lipinski definition) is 7. The molecular formula is C28H33N3O3S. The normalized spacial score (nSPS) is 20.6. The number of thioether (sulfide) groups is 1. The number of ketones is 1. The van der Waals surface area contributed by atoms with Gasteiger partial charge in [0.05, 0.1) is 18.5 Å². The number of nitrogens with zero attached hydrogens (tertiary/aromatic N) is 3. The summed E-state index contributed by atoms with van der Waals surface area (Å²) in [6.45, 7) is 8.40. The third-order valence-corrected chi connectivity index (χ3v) is 7.90. The van der Waals surface area contributed by atoms with Crippen molar-refractivity contribution in [1.82, 2.24) is 0 Å². The van der Waals surface area contributed by atoms with E-state index in [1.54, 1.807) is 0 Å². The highest BCUT2D eigenvalue weighted by atomic mass is 32.2. The Bertz CT molecular complexity index is 1110. The number of fused-ring (bicyclic) bond motifs is 1. The third-order valence-electron chi connectivity index (χ3n) is 6.68. The number of para-hydroxylation sites is 2. The van der Waals surface area contributed by atoms with Crippen molar-refractivity contribution in [3.8, 4) is 0 Å². The highest BCUT2D eigenvalue weighted by molar-refractivity contribution is 8.18. The predicted molar refractivity (Wildman–Crippen MR) is 144 cm³/mol. The van der Waals surface area contributed by atoms with Crippen molar-refractivity contribution in [3.63, 3.8) is 0 Å². The summed E-state index contributed by atoms with van der Waals surface area (Å²) in [5.74, 6) is -1.13. The predicted octanol–water partition coefficient (Wildman–Crippen LogP) is 5.55. The number of esters is 1. The summed E-state index contributed by atoms with van der Waals surface area (Å²) < 4.78 is 4.99. The molecule has 4 rings (SSSR count). The number of anilines is 2. The fourth-order valence-electron chi connectivity index (χ4n) is 5.22. The second-order valence-electron chi connectivity index (χ2n) is 8.58. The van der Waals surface area contributed by atoms with Crippen LogP contribution in [0.5, 0.6) is 0 Å². The molecule has 2 aliphatic heterocycles. The topological polar surface area (TPSA) is 62.2 Å². The van der Waals surface area contributed by atoms with E-state index in [1.165, 1.54) is 24.9 Å². The lowest BCUT2D eigenvalue weighted by molar-refractivity contribution is -0.134. The summed E-state index contributed by atoms with van der Waals surface area (Å²) in [6, 6.07) is 17.6. The lowest BCUT2D eigenvalue weighted by Crippen LogP contribution is -2.65. The zero-order chi connectivity index (χ0) is 25.0. The van der Waals surface area contributed by atoms with E-state index >= 15 is 0 Å². The zero-order valence-electron chi connectivity index (χ0n) is 20.9. The molecule has 2 aromatic rings. The monoisotopic (exact) mass is 491 g/mol. The average molecular weight is 492 g/mol. The Balaban J connectivity index is 2.01. The summed E-state index contributed by atoms with van der Waals surface area (Å²) in [5.41, 5.74) is 1.92. The number of benzene rings is 2. The van der Waals surface area contributed by atoms with Gasteiger partial charge in [-0.1, -0.05) is 67.6 Å². The van der Waals surface area contributed by atoms with Gasteiger partial charge in [0.15, 0.2) is 11.4 Å². The van der Waals surface area contributed by atoms with Gasteiger partial charge in [0.2, 0.25) is 0 Å². The second kappa shape index (κ2) is 10.7. The van der Waals surface area contributed by atoms with Crippen molar-refractivity contribution >= 4 is 39.9 Å². The summed E-state index contributed by atoms with van der Waals surface area (Å²) in [4.78, 5) is 37.2. The molecule has 1 saturated heterocycles. The SMILES string of the molecule is CCCCN=C1S/C(=C\C(=O)OC)C(C(=O)c2ccccc2)C12N(CC)c1ccccc1N2CC. The molecule has 0 amide bonds. The smallest absolute Gasteiger partial charge is 0.331 e. The molecule has 0 radical (unpaired) electrons. The molecule has 0 N–H and O–H groups in total. The maximum atomic E-state index is 14.3. The molecule has 0 saturated carbocycles. The van der Waals surface area contributed by atoms with Crippen LogP contribution < -0.4 is 9.80 Å². The Kier molecular flexibility index (Phi) is 7.65. The van der Waals surface area contributed by atoms with Gasteiger partial charge in [0.25, 0.3) is 0 Å². The van der Waals surface area contributed by atoms with Crippen LogP contribution in [0.1, 0.15) is 44.0 Å². The number of ether oxygens (including phenoxy) is 1. The quantitative estimate of drug-likeness (QED) is 0.209. The van der Waals surface area contributed by atoms with Crippen LogP contribution in [-0.2, 0) is 9.53 Å². The first-order valence-corrected chi connectivity index (χ1v) is 13.1. The van der Waals surface area contributed by atoms with Gasteiger partial charge in [-0.3, -0.25) is 9.79 Å². The summed E-state index contributed by atoms with van der Waals surface area (Å²) in [7, 11) is 1.36. The first kappa shape index (κ1) is 25.0. The lowest BCUT2D eigenvalue weighted by atomic mass is 9.83. The van der Waals surface area contributed by atoms with Crippen LogP contribution in [0.2, 0.25) is 0 Å². The van der Waals surface area contributed by atoms with E-state index in [2.05, 4.69) is 42.7 Å². The number of unbranched alkanes of at least 4 members (excludes halogenated alkanes) is 1.